The number of Topliss-reactive ketones (excluding diaryl/α,β-unsaturated/α-hetero) is 1. The van der Waals surface area contributed by atoms with Crippen molar-refractivity contribution in [2.24, 2.45) is 11.8 Å². The van der Waals surface area contributed by atoms with Crippen LogP contribution in [0, 0.1) is 5.92 Å². The zero-order valence-corrected chi connectivity index (χ0v) is 6.55. The third-order valence-electron chi connectivity index (χ3n) is 0.959. The Labute approximate surface area is 60.8 Å². The molecule has 0 aliphatic carbocycles. The maximum Gasteiger partial charge on any atom is 0.196 e. The Bertz CT molecular complexity index is 150. The number of hydrogen-bond donors (Lipinski definition) is 1. The highest BCUT2D eigenvalue weighted by Gasteiger charge is 2.03. The molecule has 0 spiro atoms. The van der Waals surface area contributed by atoms with E-state index in [-0.39, 0.29) is 17.5 Å². The van der Waals surface area contributed by atoms with Crippen LogP contribution in [0.15, 0.2) is 11.8 Å². The molecule has 0 saturated carbocycles. The Hall–Kier alpha value is -0.830. The minimum atomic E-state index is -0.142. The zero-order valence-electron chi connectivity index (χ0n) is 6.55. The van der Waals surface area contributed by atoms with Crippen molar-refractivity contribution in [3.8, 4) is 0 Å². The van der Waals surface area contributed by atoms with E-state index in [0.29, 0.717) is 0 Å². The quantitative estimate of drug-likeness (QED) is 0.364. The summed E-state index contributed by atoms with van der Waals surface area (Å²) in [5.74, 6) is 5.20. The maximum absolute atomic E-state index is 10.6. The van der Waals surface area contributed by atoms with Crippen molar-refractivity contribution in [1.82, 2.24) is 0 Å². The van der Waals surface area contributed by atoms with Crippen molar-refractivity contribution < 1.29 is 9.63 Å². The molecule has 0 aromatic rings. The van der Waals surface area contributed by atoms with Gasteiger partial charge in [0.2, 0.25) is 0 Å². The van der Waals surface area contributed by atoms with E-state index in [1.165, 1.54) is 6.92 Å². The molecule has 0 heterocycles. The first kappa shape index (κ1) is 9.17. The summed E-state index contributed by atoms with van der Waals surface area (Å²) in [5, 5.41) is 0. The third-order valence-corrected chi connectivity index (χ3v) is 0.959. The molecule has 3 heteroatoms. The fraction of sp³-hybridized carbons (Fsp3) is 0.571. The lowest BCUT2D eigenvalue weighted by Gasteiger charge is -2.01. The molecule has 0 bridgehead atoms. The normalized spacial score (nSPS) is 11.9. The van der Waals surface area contributed by atoms with Crippen LogP contribution in [0.4, 0.5) is 0 Å². The lowest BCUT2D eigenvalue weighted by molar-refractivity contribution is -0.117. The predicted molar refractivity (Wildman–Crippen MR) is 38.9 cm³/mol. The van der Waals surface area contributed by atoms with Crippen molar-refractivity contribution in [3.63, 3.8) is 0 Å². The molecule has 0 atom stereocenters. The van der Waals surface area contributed by atoms with Crippen LogP contribution < -0.4 is 5.90 Å². The van der Waals surface area contributed by atoms with Crippen LogP contribution in [0.1, 0.15) is 20.8 Å². The van der Waals surface area contributed by atoms with Crippen molar-refractivity contribution in [2.75, 3.05) is 0 Å². The van der Waals surface area contributed by atoms with Gasteiger partial charge in [-0.2, -0.15) is 5.90 Å². The van der Waals surface area contributed by atoms with Crippen molar-refractivity contribution in [1.29, 1.82) is 0 Å². The van der Waals surface area contributed by atoms with Crippen LogP contribution in [0.2, 0.25) is 0 Å². The topological polar surface area (TPSA) is 52.3 Å². The number of hydrogen-bond acceptors (Lipinski definition) is 3. The summed E-state index contributed by atoms with van der Waals surface area (Å²) >= 11 is 0. The number of ketones is 1. The third kappa shape index (κ3) is 3.25. The van der Waals surface area contributed by atoms with Gasteiger partial charge in [-0.05, 0) is 12.0 Å². The predicted octanol–water partition coefficient (Wildman–Crippen LogP) is 1.01. The van der Waals surface area contributed by atoms with E-state index in [0.717, 1.165) is 0 Å². The van der Waals surface area contributed by atoms with Crippen LogP contribution in [0.25, 0.3) is 0 Å². The molecule has 0 rings (SSSR count). The molecule has 0 amide bonds. The molecule has 0 unspecified atom stereocenters. The summed E-state index contributed by atoms with van der Waals surface area (Å²) < 4.78 is 0. The minimum absolute atomic E-state index is 0.142. The first-order chi connectivity index (χ1) is 4.57. The number of carbonyl (C=O) groups excluding carboxylic acids is 1. The average Bonchev–Trinajstić information content (AvgIpc) is 1.81. The van der Waals surface area contributed by atoms with Crippen LogP contribution in [0.5, 0.6) is 0 Å². The minimum Gasteiger partial charge on any atom is -0.408 e. The highest BCUT2D eigenvalue weighted by molar-refractivity contribution is 5.91. The van der Waals surface area contributed by atoms with Gasteiger partial charge in [-0.25, -0.2) is 0 Å². The van der Waals surface area contributed by atoms with Gasteiger partial charge < -0.3 is 4.84 Å². The lowest BCUT2D eigenvalue weighted by Crippen LogP contribution is -2.07. The smallest absolute Gasteiger partial charge is 0.196 e. The fourth-order valence-corrected chi connectivity index (χ4v) is 0.542. The molecule has 2 N–H and O–H groups in total. The fourth-order valence-electron chi connectivity index (χ4n) is 0.542. The highest BCUT2D eigenvalue weighted by atomic mass is 16.6. The van der Waals surface area contributed by atoms with Crippen molar-refractivity contribution >= 4 is 5.78 Å². The average molecular weight is 143 g/mol. The molecule has 0 saturated heterocycles. The van der Waals surface area contributed by atoms with Gasteiger partial charge in [-0.15, -0.1) is 0 Å². The summed E-state index contributed by atoms with van der Waals surface area (Å²) in [4.78, 5) is 15.0. The second-order valence-corrected chi connectivity index (χ2v) is 2.45. The molecule has 0 aliphatic rings. The van der Waals surface area contributed by atoms with E-state index in [1.807, 2.05) is 13.8 Å². The molecule has 0 fully saturated rings. The standard InChI is InChI=1S/C7H13NO2/c1-5(2)4-7(10-8)6(3)9/h4-5H,8H2,1-3H3/b7-4-. The van der Waals surface area contributed by atoms with Gasteiger partial charge >= 0.3 is 0 Å². The first-order valence-electron chi connectivity index (χ1n) is 3.17. The molecule has 10 heavy (non-hydrogen) atoms. The van der Waals surface area contributed by atoms with E-state index in [2.05, 4.69) is 4.84 Å². The number of carbonyl (C=O) groups is 1. The first-order valence-corrected chi connectivity index (χ1v) is 3.17. The zero-order chi connectivity index (χ0) is 8.15. The summed E-state index contributed by atoms with van der Waals surface area (Å²) in [5.41, 5.74) is 0. The van der Waals surface area contributed by atoms with Gasteiger partial charge in [0.05, 0.1) is 0 Å². The van der Waals surface area contributed by atoms with Gasteiger partial charge in [-0.1, -0.05) is 13.8 Å². The maximum atomic E-state index is 10.6. The number of nitrogens with two attached hydrogens (primary N) is 1. The Kier molecular flexibility index (Phi) is 3.72. The molecule has 0 aromatic heterocycles. The second-order valence-electron chi connectivity index (χ2n) is 2.45. The molecular formula is C7H13NO2. The Balaban J connectivity index is 4.19. The van der Waals surface area contributed by atoms with Crippen LogP contribution in [-0.2, 0) is 9.63 Å². The van der Waals surface area contributed by atoms with E-state index in [4.69, 9.17) is 5.90 Å². The Morgan fingerprint density at radius 1 is 1.60 bits per heavy atom. The van der Waals surface area contributed by atoms with Crippen LogP contribution >= 0.6 is 0 Å². The highest BCUT2D eigenvalue weighted by Crippen LogP contribution is 2.02. The van der Waals surface area contributed by atoms with Gasteiger partial charge in [-0.3, -0.25) is 4.79 Å². The SMILES string of the molecule is CC(=O)/C(=C/C(C)C)ON. The Morgan fingerprint density at radius 2 is 2.10 bits per heavy atom. The van der Waals surface area contributed by atoms with E-state index in [9.17, 15) is 4.79 Å². The van der Waals surface area contributed by atoms with Gasteiger partial charge in [0.15, 0.2) is 11.5 Å². The number of allylic oxidation sites excluding steroid dienone is 2. The molecule has 0 aromatic carbocycles. The van der Waals surface area contributed by atoms with Crippen LogP contribution in [-0.4, -0.2) is 5.78 Å². The summed E-state index contributed by atoms with van der Waals surface area (Å²) in [7, 11) is 0. The van der Waals surface area contributed by atoms with Crippen LogP contribution in [0.3, 0.4) is 0 Å². The van der Waals surface area contributed by atoms with Gasteiger partial charge in [0.25, 0.3) is 0 Å². The van der Waals surface area contributed by atoms with E-state index in [1.54, 1.807) is 6.08 Å². The summed E-state index contributed by atoms with van der Waals surface area (Å²) in [6.45, 7) is 5.31. The van der Waals surface area contributed by atoms with Gasteiger partial charge in [0, 0.05) is 6.92 Å². The molecule has 0 radical (unpaired) electrons. The number of rotatable bonds is 3. The molecular weight excluding hydrogens is 130 g/mol. The van der Waals surface area contributed by atoms with E-state index >= 15 is 0 Å². The molecule has 58 valence electrons. The lowest BCUT2D eigenvalue weighted by atomic mass is 10.2. The van der Waals surface area contributed by atoms with Crippen molar-refractivity contribution in [3.05, 3.63) is 11.8 Å². The monoisotopic (exact) mass is 143 g/mol. The van der Waals surface area contributed by atoms with Crippen molar-refractivity contribution in [2.45, 2.75) is 20.8 Å². The second kappa shape index (κ2) is 4.06. The summed E-state index contributed by atoms with van der Waals surface area (Å²) in [6, 6.07) is 0. The van der Waals surface area contributed by atoms with E-state index < -0.39 is 0 Å². The summed E-state index contributed by atoms with van der Waals surface area (Å²) in [6.07, 6.45) is 1.68. The molecule has 0 aliphatic heterocycles. The Morgan fingerprint density at radius 3 is 2.20 bits per heavy atom. The largest absolute Gasteiger partial charge is 0.408 e. The molecule has 3 nitrogen and oxygen atoms in total. The van der Waals surface area contributed by atoms with Gasteiger partial charge in [0.1, 0.15) is 0 Å².